The molecule has 0 aromatic carbocycles. The third kappa shape index (κ3) is 5.44. The number of nitrogens with two attached hydrogens (primary N) is 2. The molecule has 3 fully saturated rings. The monoisotopic (exact) mass is 701 g/mol. The van der Waals surface area contributed by atoms with Crippen molar-refractivity contribution in [2.45, 2.75) is 49.2 Å². The SMILES string of the molecule is CO[C@H]1[C@H]2OS(=O)(=O)NC[C@H]3C[C@@H](n4cnc5c(N)ncnc54)[C@H](O)[C@@H]3OP(=O)(S)OC[C@H]1O[C@H]2n1cnc2c(=O)[nH]c(N)nc21. The summed E-state index contributed by atoms with van der Waals surface area (Å²) >= 11 is 4.15. The number of H-pyrrole nitrogens is 1. The minimum absolute atomic E-state index is 0.0150. The van der Waals surface area contributed by atoms with Crippen LogP contribution in [0.25, 0.3) is 22.3 Å². The average Bonchev–Trinajstić information content (AvgIpc) is 3.75. The molecular formula is C22H28N11O10PS2. The first kappa shape index (κ1) is 31.4. The number of aromatic nitrogens is 8. The highest BCUT2D eigenvalue weighted by atomic mass is 32.7. The third-order valence-electron chi connectivity index (χ3n) is 8.18. The zero-order valence-corrected chi connectivity index (χ0v) is 26.3. The van der Waals surface area contributed by atoms with Crippen LogP contribution in [-0.4, -0.2) is 103 Å². The van der Waals surface area contributed by atoms with E-state index < -0.39 is 78.0 Å². The molecule has 0 amide bonds. The molecule has 1 aliphatic carbocycles. The van der Waals surface area contributed by atoms with Gasteiger partial charge in [0.25, 0.3) is 5.56 Å². The lowest BCUT2D eigenvalue weighted by Gasteiger charge is -2.27. The highest BCUT2D eigenvalue weighted by Crippen LogP contribution is 2.57. The number of nitrogens with zero attached hydrogens (tertiary/aromatic N) is 7. The Kier molecular flexibility index (Phi) is 7.82. The second-order valence-electron chi connectivity index (χ2n) is 10.9. The number of ether oxygens (including phenoxy) is 2. The molecule has 1 unspecified atom stereocenters. The van der Waals surface area contributed by atoms with E-state index in [9.17, 15) is 22.9 Å². The summed E-state index contributed by atoms with van der Waals surface area (Å²) in [5.41, 5.74) is 11.6. The number of rotatable bonds is 3. The lowest BCUT2D eigenvalue weighted by Crippen LogP contribution is -2.42. The van der Waals surface area contributed by atoms with Crippen LogP contribution in [0.5, 0.6) is 0 Å². The first-order chi connectivity index (χ1) is 21.9. The predicted octanol–water partition coefficient (Wildman–Crippen LogP) is -1.37. The highest BCUT2D eigenvalue weighted by molar-refractivity contribution is 8.44. The van der Waals surface area contributed by atoms with E-state index in [4.69, 9.17) is 34.2 Å². The van der Waals surface area contributed by atoms with Crippen molar-refractivity contribution in [2.24, 2.45) is 5.92 Å². The Balaban J connectivity index is 1.22. The molecule has 9 atom stereocenters. The highest BCUT2D eigenvalue weighted by Gasteiger charge is 2.52. The van der Waals surface area contributed by atoms with Gasteiger partial charge in [0.2, 0.25) is 5.95 Å². The number of anilines is 2. The molecule has 6 heterocycles. The fourth-order valence-corrected chi connectivity index (χ4v) is 8.66. The summed E-state index contributed by atoms with van der Waals surface area (Å²) in [5, 5.41) is 11.4. The van der Waals surface area contributed by atoms with Gasteiger partial charge in [-0.15, -0.1) is 0 Å². The number of aromatic amines is 1. The van der Waals surface area contributed by atoms with Crippen molar-refractivity contribution >= 4 is 63.4 Å². The molecule has 0 radical (unpaired) electrons. The van der Waals surface area contributed by atoms with E-state index in [-0.39, 0.29) is 35.9 Å². The molecule has 7 rings (SSSR count). The number of nitrogen functional groups attached to an aromatic ring is 2. The molecule has 3 aliphatic rings. The Bertz CT molecular complexity index is 2020. The van der Waals surface area contributed by atoms with Gasteiger partial charge in [0.15, 0.2) is 35.0 Å². The molecule has 4 aromatic heterocycles. The number of hydrogen-bond donors (Lipinski definition) is 6. The van der Waals surface area contributed by atoms with E-state index in [2.05, 4.69) is 46.9 Å². The number of thiol groups is 1. The van der Waals surface area contributed by atoms with Gasteiger partial charge >= 0.3 is 17.1 Å². The smallest absolute Gasteiger partial charge is 0.386 e. The van der Waals surface area contributed by atoms with Crippen LogP contribution in [0.3, 0.4) is 0 Å². The number of nitrogens with one attached hydrogen (secondary N) is 2. The minimum atomic E-state index is -4.57. The van der Waals surface area contributed by atoms with Crippen molar-refractivity contribution < 1.29 is 40.8 Å². The van der Waals surface area contributed by atoms with Gasteiger partial charge < -0.3 is 30.6 Å². The summed E-state index contributed by atoms with van der Waals surface area (Å²) in [6.45, 7) is -5.02. The Morgan fingerprint density at radius 1 is 1.13 bits per heavy atom. The van der Waals surface area contributed by atoms with E-state index in [0.29, 0.717) is 11.2 Å². The van der Waals surface area contributed by atoms with E-state index in [1.165, 1.54) is 30.7 Å². The number of aliphatic hydroxyl groups excluding tert-OH is 1. The third-order valence-corrected chi connectivity index (χ3v) is 10.8. The summed E-state index contributed by atoms with van der Waals surface area (Å²) in [5.74, 6) is -0.847. The average molecular weight is 702 g/mol. The van der Waals surface area contributed by atoms with Gasteiger partial charge in [0.1, 0.15) is 30.2 Å². The van der Waals surface area contributed by atoms with Crippen LogP contribution < -0.4 is 21.7 Å². The molecule has 2 saturated heterocycles. The summed E-state index contributed by atoms with van der Waals surface area (Å²) in [6.07, 6.45) is -3.45. The van der Waals surface area contributed by atoms with Crippen molar-refractivity contribution in [1.82, 2.24) is 43.8 Å². The quantitative estimate of drug-likeness (QED) is 0.106. The lowest BCUT2D eigenvalue weighted by atomic mass is 10.1. The largest absolute Gasteiger partial charge is 0.388 e. The number of fused-ring (bicyclic) bond motifs is 5. The summed E-state index contributed by atoms with van der Waals surface area (Å²) in [4.78, 5) is 35.3. The maximum atomic E-state index is 13.6. The van der Waals surface area contributed by atoms with Crippen molar-refractivity contribution in [1.29, 1.82) is 0 Å². The number of hydrogen-bond acceptors (Lipinski definition) is 17. The van der Waals surface area contributed by atoms with Crippen molar-refractivity contribution in [3.8, 4) is 0 Å². The first-order valence-corrected chi connectivity index (χ1v) is 17.8. The van der Waals surface area contributed by atoms with Gasteiger partial charge in [0.05, 0.1) is 31.4 Å². The van der Waals surface area contributed by atoms with Crippen LogP contribution in [0, 0.1) is 5.92 Å². The van der Waals surface area contributed by atoms with Gasteiger partial charge in [-0.05, 0) is 6.42 Å². The fourth-order valence-electron chi connectivity index (χ4n) is 6.14. The molecule has 248 valence electrons. The van der Waals surface area contributed by atoms with E-state index in [0.717, 1.165) is 0 Å². The Morgan fingerprint density at radius 3 is 2.67 bits per heavy atom. The predicted molar refractivity (Wildman–Crippen MR) is 159 cm³/mol. The van der Waals surface area contributed by atoms with Crippen molar-refractivity contribution in [2.75, 3.05) is 31.7 Å². The van der Waals surface area contributed by atoms with Gasteiger partial charge in [0, 0.05) is 19.6 Å². The van der Waals surface area contributed by atoms with Gasteiger partial charge in [-0.3, -0.25) is 23.4 Å². The van der Waals surface area contributed by atoms with E-state index >= 15 is 0 Å². The van der Waals surface area contributed by atoms with Gasteiger partial charge in [-0.2, -0.15) is 18.1 Å². The normalized spacial score (nSPS) is 35.0. The van der Waals surface area contributed by atoms with Crippen molar-refractivity contribution in [3.63, 3.8) is 0 Å². The molecule has 1 saturated carbocycles. The van der Waals surface area contributed by atoms with Gasteiger partial charge in [-0.1, -0.05) is 12.2 Å². The molecule has 21 nitrogen and oxygen atoms in total. The zero-order valence-electron chi connectivity index (χ0n) is 23.7. The van der Waals surface area contributed by atoms with Crippen molar-refractivity contribution in [3.05, 3.63) is 29.3 Å². The molecule has 46 heavy (non-hydrogen) atoms. The van der Waals surface area contributed by atoms with Crippen LogP contribution in [0.2, 0.25) is 0 Å². The first-order valence-electron chi connectivity index (χ1n) is 13.7. The number of aliphatic hydroxyl groups is 1. The summed E-state index contributed by atoms with van der Waals surface area (Å²) < 4.78 is 74.3. The maximum Gasteiger partial charge on any atom is 0.386 e. The second kappa shape index (κ2) is 11.5. The number of methoxy groups -OCH3 is 1. The molecule has 0 spiro atoms. The summed E-state index contributed by atoms with van der Waals surface area (Å²) in [6, 6.07) is -0.750. The number of imidazole rings is 2. The Hall–Kier alpha value is -3.25. The van der Waals surface area contributed by atoms with Crippen LogP contribution >= 0.6 is 19.0 Å². The Morgan fingerprint density at radius 2 is 1.89 bits per heavy atom. The molecule has 24 heteroatoms. The molecule has 2 aliphatic heterocycles. The van der Waals surface area contributed by atoms with Crippen LogP contribution in [0.1, 0.15) is 18.7 Å². The topological polar surface area (TPSA) is 289 Å². The molecular weight excluding hydrogens is 673 g/mol. The molecule has 2 bridgehead atoms. The minimum Gasteiger partial charge on any atom is -0.388 e. The van der Waals surface area contributed by atoms with E-state index in [1.807, 2.05) is 0 Å². The summed E-state index contributed by atoms with van der Waals surface area (Å²) in [7, 11) is -3.28. The molecule has 7 N–H and O–H groups in total. The fraction of sp³-hybridized carbons (Fsp3) is 0.545. The Labute approximate surface area is 263 Å². The molecule has 4 aromatic rings. The van der Waals surface area contributed by atoms with Gasteiger partial charge in [-0.25, -0.2) is 28.7 Å². The standard InChI is InChI=1S/C22H28N11O10PS2/c1-39-15-10-4-40-44(36,45)42-14-8(2-9(13(14)34)32-6-27-11-17(23)25-5-26-18(11)32)3-29-46(37,38)43-16(15)21(41-10)33-7-28-12-19(33)30-22(24)31-20(12)35/h5-10,13-16,21,29,34H,2-4H2,1H3,(H,36,45)(H2,23,25,26)(H3,24,30,31,35)/t8-,9-,10-,13+,14-,15-,16-,21-,44?/m1/s1. The lowest BCUT2D eigenvalue weighted by molar-refractivity contribution is -0.0525. The maximum absolute atomic E-state index is 13.6. The zero-order chi connectivity index (χ0) is 32.5. The van der Waals surface area contributed by atoms with E-state index in [1.54, 1.807) is 4.57 Å². The van der Waals surface area contributed by atoms with Crippen LogP contribution in [-0.2, 0) is 37.6 Å². The van der Waals surface area contributed by atoms with Crippen LogP contribution in [0.4, 0.5) is 11.8 Å². The second-order valence-corrected chi connectivity index (χ2v) is 15.1. The van der Waals surface area contributed by atoms with Crippen LogP contribution in [0.15, 0.2) is 23.8 Å².